The van der Waals surface area contributed by atoms with Crippen molar-refractivity contribution in [2.75, 3.05) is 11.9 Å². The number of hydrogen-bond acceptors (Lipinski definition) is 5. The first-order valence-electron chi connectivity index (χ1n) is 6.60. The molecule has 0 aliphatic carbocycles. The van der Waals surface area contributed by atoms with Gasteiger partial charge in [0.05, 0.1) is 0 Å². The van der Waals surface area contributed by atoms with E-state index >= 15 is 0 Å². The minimum atomic E-state index is 0.432. The molecule has 1 heterocycles. The van der Waals surface area contributed by atoms with Gasteiger partial charge in [0.1, 0.15) is 0 Å². The Morgan fingerprint density at radius 1 is 1.05 bits per heavy atom. The van der Waals surface area contributed by atoms with E-state index in [1.165, 1.54) is 16.3 Å². The summed E-state index contributed by atoms with van der Waals surface area (Å²) >= 11 is 0. The first-order chi connectivity index (χ1) is 9.86. The maximum atomic E-state index is 5.45. The predicted molar refractivity (Wildman–Crippen MR) is 78.3 cm³/mol. The first kappa shape index (κ1) is 12.6. The number of benzene rings is 2. The normalized spacial score (nSPS) is 10.8. The van der Waals surface area contributed by atoms with E-state index in [1.807, 2.05) is 18.2 Å². The summed E-state index contributed by atoms with van der Waals surface area (Å²) in [4.78, 5) is 0. The molecule has 102 valence electrons. The maximum absolute atomic E-state index is 5.45. The van der Waals surface area contributed by atoms with Crippen molar-refractivity contribution < 1.29 is 4.42 Å². The van der Waals surface area contributed by atoms with Gasteiger partial charge in [0, 0.05) is 19.5 Å². The Morgan fingerprint density at radius 2 is 1.90 bits per heavy atom. The number of rotatable bonds is 5. The first-order valence-corrected chi connectivity index (χ1v) is 6.60. The average molecular weight is 268 g/mol. The van der Waals surface area contributed by atoms with Crippen LogP contribution >= 0.6 is 0 Å². The van der Waals surface area contributed by atoms with Gasteiger partial charge in [0.2, 0.25) is 5.89 Å². The summed E-state index contributed by atoms with van der Waals surface area (Å²) in [7, 11) is 0. The molecule has 0 bridgehead atoms. The van der Waals surface area contributed by atoms with Crippen molar-refractivity contribution in [1.29, 1.82) is 0 Å². The number of nitrogens with zero attached hydrogens (tertiary/aromatic N) is 2. The monoisotopic (exact) mass is 268 g/mol. The summed E-state index contributed by atoms with van der Waals surface area (Å²) in [5.41, 5.74) is 6.64. The van der Waals surface area contributed by atoms with Crippen molar-refractivity contribution in [2.45, 2.75) is 13.0 Å². The molecular weight excluding hydrogens is 252 g/mol. The van der Waals surface area contributed by atoms with Crippen LogP contribution in [0.2, 0.25) is 0 Å². The smallest absolute Gasteiger partial charge is 0.315 e. The zero-order chi connectivity index (χ0) is 13.8. The van der Waals surface area contributed by atoms with Crippen LogP contribution in [-0.4, -0.2) is 16.7 Å². The zero-order valence-electron chi connectivity index (χ0n) is 11.0. The molecule has 0 unspecified atom stereocenters. The van der Waals surface area contributed by atoms with E-state index in [0.717, 1.165) is 0 Å². The van der Waals surface area contributed by atoms with Crippen molar-refractivity contribution in [3.8, 4) is 0 Å². The van der Waals surface area contributed by atoms with Gasteiger partial charge in [0.25, 0.3) is 0 Å². The summed E-state index contributed by atoms with van der Waals surface area (Å²) in [5.74, 6) is 0.563. The molecule has 5 nitrogen and oxygen atoms in total. The molecule has 0 aliphatic heterocycles. The number of nitrogens with one attached hydrogen (secondary N) is 1. The van der Waals surface area contributed by atoms with E-state index in [-0.39, 0.29) is 0 Å². The SMILES string of the molecule is NCCc1nnc(NCc2cccc3ccccc23)o1. The molecule has 0 saturated heterocycles. The van der Waals surface area contributed by atoms with Crippen molar-refractivity contribution in [3.05, 3.63) is 53.9 Å². The van der Waals surface area contributed by atoms with Gasteiger partial charge in [-0.3, -0.25) is 0 Å². The van der Waals surface area contributed by atoms with Crippen molar-refractivity contribution >= 4 is 16.8 Å². The van der Waals surface area contributed by atoms with E-state index in [4.69, 9.17) is 10.2 Å². The van der Waals surface area contributed by atoms with E-state index in [2.05, 4.69) is 39.8 Å². The van der Waals surface area contributed by atoms with Crippen LogP contribution in [-0.2, 0) is 13.0 Å². The van der Waals surface area contributed by atoms with Crippen LogP contribution in [0.15, 0.2) is 46.9 Å². The fourth-order valence-electron chi connectivity index (χ4n) is 2.17. The van der Waals surface area contributed by atoms with Gasteiger partial charge in [-0.25, -0.2) is 0 Å². The Bertz CT molecular complexity index is 702. The third-order valence-corrected chi connectivity index (χ3v) is 3.14. The summed E-state index contributed by atoms with van der Waals surface area (Å²) in [6.07, 6.45) is 0.600. The number of anilines is 1. The summed E-state index contributed by atoms with van der Waals surface area (Å²) in [5, 5.41) is 13.5. The third kappa shape index (κ3) is 2.62. The molecule has 3 rings (SSSR count). The second-order valence-corrected chi connectivity index (χ2v) is 4.53. The summed E-state index contributed by atoms with van der Waals surface area (Å²) in [6.45, 7) is 1.15. The van der Waals surface area contributed by atoms with Crippen LogP contribution in [0.3, 0.4) is 0 Å². The van der Waals surface area contributed by atoms with Gasteiger partial charge in [-0.15, -0.1) is 5.10 Å². The second-order valence-electron chi connectivity index (χ2n) is 4.53. The van der Waals surface area contributed by atoms with Crippen LogP contribution in [0.4, 0.5) is 6.01 Å². The van der Waals surface area contributed by atoms with Crippen molar-refractivity contribution in [2.24, 2.45) is 5.73 Å². The Morgan fingerprint density at radius 3 is 2.80 bits per heavy atom. The van der Waals surface area contributed by atoms with Crippen LogP contribution in [0, 0.1) is 0 Å². The molecule has 1 aromatic heterocycles. The number of fused-ring (bicyclic) bond motifs is 1. The van der Waals surface area contributed by atoms with E-state index in [9.17, 15) is 0 Å². The Balaban J connectivity index is 1.76. The molecule has 0 amide bonds. The molecule has 3 N–H and O–H groups in total. The molecule has 0 atom stereocenters. The highest BCUT2D eigenvalue weighted by molar-refractivity contribution is 5.85. The summed E-state index contributed by atoms with van der Waals surface area (Å²) < 4.78 is 5.44. The Labute approximate surface area is 116 Å². The third-order valence-electron chi connectivity index (χ3n) is 3.14. The molecule has 0 radical (unpaired) electrons. The minimum absolute atomic E-state index is 0.432. The number of hydrogen-bond donors (Lipinski definition) is 2. The van der Waals surface area contributed by atoms with E-state index < -0.39 is 0 Å². The standard InChI is InChI=1S/C15H16N4O/c16-9-8-14-18-19-15(20-14)17-10-12-6-3-5-11-4-1-2-7-13(11)12/h1-7H,8-10,16H2,(H,17,19). The fourth-order valence-corrected chi connectivity index (χ4v) is 2.17. The molecule has 0 aliphatic rings. The van der Waals surface area contributed by atoms with Gasteiger partial charge >= 0.3 is 6.01 Å². The lowest BCUT2D eigenvalue weighted by molar-refractivity contribution is 0.506. The zero-order valence-corrected chi connectivity index (χ0v) is 11.0. The largest absolute Gasteiger partial charge is 0.408 e. The highest BCUT2D eigenvalue weighted by atomic mass is 16.4. The highest BCUT2D eigenvalue weighted by Gasteiger charge is 2.05. The Hall–Kier alpha value is -2.40. The predicted octanol–water partition coefficient (Wildman–Crippen LogP) is 2.34. The van der Waals surface area contributed by atoms with E-state index in [0.29, 0.717) is 31.4 Å². The van der Waals surface area contributed by atoms with Crippen LogP contribution < -0.4 is 11.1 Å². The van der Waals surface area contributed by atoms with Gasteiger partial charge in [-0.2, -0.15) is 0 Å². The molecule has 20 heavy (non-hydrogen) atoms. The molecular formula is C15H16N4O. The lowest BCUT2D eigenvalue weighted by Gasteiger charge is -2.06. The van der Waals surface area contributed by atoms with Gasteiger partial charge in [-0.1, -0.05) is 47.6 Å². The molecule has 0 spiro atoms. The number of aromatic nitrogens is 2. The van der Waals surface area contributed by atoms with Crippen LogP contribution in [0.25, 0.3) is 10.8 Å². The van der Waals surface area contributed by atoms with Gasteiger partial charge in [-0.05, 0) is 16.3 Å². The molecule has 0 fully saturated rings. The highest BCUT2D eigenvalue weighted by Crippen LogP contribution is 2.19. The minimum Gasteiger partial charge on any atom is -0.408 e. The quantitative estimate of drug-likeness (QED) is 0.742. The fraction of sp³-hybridized carbons (Fsp3) is 0.200. The lowest BCUT2D eigenvalue weighted by Crippen LogP contribution is -2.02. The van der Waals surface area contributed by atoms with Crippen LogP contribution in [0.5, 0.6) is 0 Å². The van der Waals surface area contributed by atoms with E-state index in [1.54, 1.807) is 0 Å². The van der Waals surface area contributed by atoms with Crippen molar-refractivity contribution in [3.63, 3.8) is 0 Å². The topological polar surface area (TPSA) is 77.0 Å². The Kier molecular flexibility index (Phi) is 3.60. The molecule has 2 aromatic carbocycles. The van der Waals surface area contributed by atoms with Gasteiger partial charge in [0.15, 0.2) is 0 Å². The maximum Gasteiger partial charge on any atom is 0.315 e. The average Bonchev–Trinajstić information content (AvgIpc) is 2.93. The summed E-state index contributed by atoms with van der Waals surface area (Å²) in [6, 6.07) is 15.0. The molecule has 0 saturated carbocycles. The lowest BCUT2D eigenvalue weighted by atomic mass is 10.0. The molecule has 3 aromatic rings. The second kappa shape index (κ2) is 5.71. The molecule has 5 heteroatoms. The van der Waals surface area contributed by atoms with Gasteiger partial charge < -0.3 is 15.5 Å². The number of nitrogens with two attached hydrogens (primary N) is 1. The van der Waals surface area contributed by atoms with Crippen LogP contribution in [0.1, 0.15) is 11.5 Å². The van der Waals surface area contributed by atoms with Crippen molar-refractivity contribution in [1.82, 2.24) is 10.2 Å².